The quantitative estimate of drug-likeness (QED) is 0.725. The van der Waals surface area contributed by atoms with Crippen LogP contribution >= 0.6 is 11.3 Å². The predicted octanol–water partition coefficient (Wildman–Crippen LogP) is 2.44. The number of hydrogen-bond donors (Lipinski definition) is 0. The summed E-state index contributed by atoms with van der Waals surface area (Å²) >= 11 is 1.69. The Labute approximate surface area is 82.0 Å². The highest BCUT2D eigenvalue weighted by Crippen LogP contribution is 2.38. The van der Waals surface area contributed by atoms with Crippen molar-refractivity contribution in [1.82, 2.24) is 4.98 Å². The third-order valence-corrected chi connectivity index (χ3v) is 3.47. The molecule has 70 valence electrons. The number of carbonyl (C=O) groups is 1. The molecule has 1 unspecified atom stereocenters. The molecule has 3 heteroatoms. The Morgan fingerprint density at radius 1 is 1.69 bits per heavy atom. The number of carbonyl (C=O) groups excluding carboxylic acids is 1. The molecule has 13 heavy (non-hydrogen) atoms. The zero-order valence-corrected chi connectivity index (χ0v) is 8.56. The van der Waals surface area contributed by atoms with Crippen molar-refractivity contribution in [1.29, 1.82) is 0 Å². The number of hydrogen-bond acceptors (Lipinski definition) is 3. The Morgan fingerprint density at radius 3 is 3.08 bits per heavy atom. The Hall–Kier alpha value is -0.700. The summed E-state index contributed by atoms with van der Waals surface area (Å²) in [6.45, 7) is 2.19. The number of thiazole rings is 1. The van der Waals surface area contributed by atoms with E-state index in [9.17, 15) is 4.79 Å². The second-order valence-corrected chi connectivity index (χ2v) is 5.11. The van der Waals surface area contributed by atoms with Gasteiger partial charge in [0.2, 0.25) is 0 Å². The summed E-state index contributed by atoms with van der Waals surface area (Å²) in [4.78, 5) is 15.4. The molecule has 1 atom stereocenters. The summed E-state index contributed by atoms with van der Waals surface area (Å²) < 4.78 is 0. The summed E-state index contributed by atoms with van der Waals surface area (Å²) in [5.74, 6) is 0.416. The van der Waals surface area contributed by atoms with Gasteiger partial charge in [-0.05, 0) is 11.8 Å². The fourth-order valence-electron chi connectivity index (χ4n) is 1.95. The zero-order chi connectivity index (χ0) is 9.31. The summed E-state index contributed by atoms with van der Waals surface area (Å²) in [5, 5.41) is 3.16. The lowest BCUT2D eigenvalue weighted by atomic mass is 9.85. The Balaban J connectivity index is 2.05. The minimum Gasteiger partial charge on any atom is -0.300 e. The summed E-state index contributed by atoms with van der Waals surface area (Å²) in [6, 6.07) is 0. The standard InChI is InChI=1S/C10H13NOS/c1-10(3-2-8(12)6-10)7-9-11-4-5-13-9/h4-5H,2-3,6-7H2,1H3. The molecule has 1 aliphatic rings. The van der Waals surface area contributed by atoms with Crippen LogP contribution in [0.2, 0.25) is 0 Å². The highest BCUT2D eigenvalue weighted by Gasteiger charge is 2.34. The van der Waals surface area contributed by atoms with Gasteiger partial charge in [-0.1, -0.05) is 6.92 Å². The minimum absolute atomic E-state index is 0.189. The maximum Gasteiger partial charge on any atom is 0.133 e. The molecule has 1 heterocycles. The van der Waals surface area contributed by atoms with Gasteiger partial charge in [0.1, 0.15) is 5.78 Å². The first-order valence-corrected chi connectivity index (χ1v) is 5.46. The first-order valence-electron chi connectivity index (χ1n) is 4.58. The second-order valence-electron chi connectivity index (χ2n) is 4.13. The van der Waals surface area contributed by atoms with E-state index in [1.165, 1.54) is 0 Å². The fourth-order valence-corrected chi connectivity index (χ4v) is 2.78. The van der Waals surface area contributed by atoms with Gasteiger partial charge in [-0.3, -0.25) is 4.79 Å². The first-order chi connectivity index (χ1) is 6.18. The van der Waals surface area contributed by atoms with E-state index in [0.29, 0.717) is 5.78 Å². The lowest BCUT2D eigenvalue weighted by molar-refractivity contribution is -0.117. The van der Waals surface area contributed by atoms with Crippen LogP contribution in [0.15, 0.2) is 11.6 Å². The SMILES string of the molecule is CC1(Cc2nccs2)CCC(=O)C1. The lowest BCUT2D eigenvalue weighted by Crippen LogP contribution is -2.15. The van der Waals surface area contributed by atoms with Crippen molar-refractivity contribution in [2.75, 3.05) is 0 Å². The van der Waals surface area contributed by atoms with E-state index in [-0.39, 0.29) is 5.41 Å². The van der Waals surface area contributed by atoms with Crippen molar-refractivity contribution in [3.8, 4) is 0 Å². The third-order valence-electron chi connectivity index (χ3n) is 2.69. The van der Waals surface area contributed by atoms with Crippen molar-refractivity contribution < 1.29 is 4.79 Å². The molecule has 2 nitrogen and oxygen atoms in total. The van der Waals surface area contributed by atoms with Crippen molar-refractivity contribution in [3.63, 3.8) is 0 Å². The van der Waals surface area contributed by atoms with E-state index in [2.05, 4.69) is 11.9 Å². The zero-order valence-electron chi connectivity index (χ0n) is 7.75. The van der Waals surface area contributed by atoms with Crippen LogP contribution in [0.25, 0.3) is 0 Å². The van der Waals surface area contributed by atoms with Gasteiger partial charge >= 0.3 is 0 Å². The second kappa shape index (κ2) is 3.22. The Morgan fingerprint density at radius 2 is 2.54 bits per heavy atom. The highest BCUT2D eigenvalue weighted by molar-refractivity contribution is 7.09. The average Bonchev–Trinajstić information content (AvgIpc) is 2.62. The van der Waals surface area contributed by atoms with Gasteiger partial charge in [0.15, 0.2) is 0 Å². The van der Waals surface area contributed by atoms with Gasteiger partial charge in [0.25, 0.3) is 0 Å². The van der Waals surface area contributed by atoms with E-state index >= 15 is 0 Å². The molecule has 0 aromatic carbocycles. The van der Waals surface area contributed by atoms with Gasteiger partial charge in [-0.2, -0.15) is 0 Å². The van der Waals surface area contributed by atoms with Crippen LogP contribution in [0.4, 0.5) is 0 Å². The number of nitrogens with zero attached hydrogens (tertiary/aromatic N) is 1. The third kappa shape index (κ3) is 1.97. The maximum absolute atomic E-state index is 11.2. The molecular formula is C10H13NOS. The molecule has 0 amide bonds. The molecule has 0 bridgehead atoms. The first kappa shape index (κ1) is 8.88. The maximum atomic E-state index is 11.2. The molecule has 1 saturated carbocycles. The van der Waals surface area contributed by atoms with Gasteiger partial charge in [-0.15, -0.1) is 11.3 Å². The molecule has 0 spiro atoms. The summed E-state index contributed by atoms with van der Waals surface area (Å²) in [6.07, 6.45) is 5.34. The van der Waals surface area contributed by atoms with Crippen molar-refractivity contribution >= 4 is 17.1 Å². The molecule has 1 fully saturated rings. The lowest BCUT2D eigenvalue weighted by Gasteiger charge is -2.20. The van der Waals surface area contributed by atoms with Gasteiger partial charge < -0.3 is 0 Å². The molecular weight excluding hydrogens is 182 g/mol. The topological polar surface area (TPSA) is 30.0 Å². The Kier molecular flexibility index (Phi) is 2.20. The minimum atomic E-state index is 0.189. The summed E-state index contributed by atoms with van der Waals surface area (Å²) in [5.41, 5.74) is 0.189. The van der Waals surface area contributed by atoms with Gasteiger partial charge in [0, 0.05) is 30.8 Å². The molecule has 0 radical (unpaired) electrons. The van der Waals surface area contributed by atoms with E-state index in [4.69, 9.17) is 0 Å². The molecule has 1 aromatic rings. The smallest absolute Gasteiger partial charge is 0.133 e. The van der Waals surface area contributed by atoms with Crippen LogP contribution < -0.4 is 0 Å². The predicted molar refractivity (Wildman–Crippen MR) is 52.8 cm³/mol. The molecule has 1 aromatic heterocycles. The normalized spacial score (nSPS) is 28.2. The van der Waals surface area contributed by atoms with E-state index in [1.54, 1.807) is 11.3 Å². The van der Waals surface area contributed by atoms with Crippen LogP contribution in [-0.2, 0) is 11.2 Å². The van der Waals surface area contributed by atoms with E-state index in [1.807, 2.05) is 11.6 Å². The molecule has 2 rings (SSSR count). The van der Waals surface area contributed by atoms with Crippen molar-refractivity contribution in [3.05, 3.63) is 16.6 Å². The largest absolute Gasteiger partial charge is 0.300 e. The van der Waals surface area contributed by atoms with Crippen molar-refractivity contribution in [2.45, 2.75) is 32.6 Å². The van der Waals surface area contributed by atoms with Crippen LogP contribution in [-0.4, -0.2) is 10.8 Å². The fraction of sp³-hybridized carbons (Fsp3) is 0.600. The molecule has 1 aliphatic carbocycles. The van der Waals surface area contributed by atoms with Crippen LogP contribution in [0, 0.1) is 5.41 Å². The van der Waals surface area contributed by atoms with Crippen LogP contribution in [0.5, 0.6) is 0 Å². The monoisotopic (exact) mass is 195 g/mol. The van der Waals surface area contributed by atoms with Gasteiger partial charge in [0.05, 0.1) is 5.01 Å². The molecule has 0 N–H and O–H groups in total. The van der Waals surface area contributed by atoms with Crippen LogP contribution in [0.1, 0.15) is 31.2 Å². The average molecular weight is 195 g/mol. The molecule has 0 aliphatic heterocycles. The number of ketones is 1. The highest BCUT2D eigenvalue weighted by atomic mass is 32.1. The van der Waals surface area contributed by atoms with Gasteiger partial charge in [-0.25, -0.2) is 4.98 Å². The number of aromatic nitrogens is 1. The Bertz CT molecular complexity index is 307. The van der Waals surface area contributed by atoms with Crippen molar-refractivity contribution in [2.24, 2.45) is 5.41 Å². The summed E-state index contributed by atoms with van der Waals surface area (Å²) in [7, 11) is 0. The van der Waals surface area contributed by atoms with E-state index < -0.39 is 0 Å². The van der Waals surface area contributed by atoms with E-state index in [0.717, 1.165) is 30.7 Å². The molecule has 0 saturated heterocycles. The number of Topliss-reactive ketones (excluding diaryl/α,β-unsaturated/α-hetero) is 1. The van der Waals surface area contributed by atoms with Crippen LogP contribution in [0.3, 0.4) is 0 Å². The number of rotatable bonds is 2.